The Hall–Kier alpha value is -1.02. The lowest BCUT2D eigenvalue weighted by molar-refractivity contribution is 0.224. The van der Waals surface area contributed by atoms with Crippen molar-refractivity contribution in [2.45, 2.75) is 27.0 Å². The van der Waals surface area contributed by atoms with Crippen LogP contribution in [0.5, 0.6) is 0 Å². The van der Waals surface area contributed by atoms with Gasteiger partial charge in [-0.05, 0) is 32.4 Å². The average Bonchev–Trinajstić information content (AvgIpc) is 1.94. The predicted molar refractivity (Wildman–Crippen MR) is 51.2 cm³/mol. The average molecular weight is 165 g/mol. The molecular formula is C10H15NO. The highest BCUT2D eigenvalue weighted by Crippen LogP contribution is 2.16. The standard InChI is InChI=1S/C10H15NO/c1-7-4-5-10(8(2)6-7)11-9(3)12/h4-6,9,11-12H,1-3H3. The van der Waals surface area contributed by atoms with Crippen LogP contribution in [0.4, 0.5) is 5.69 Å². The zero-order valence-electron chi connectivity index (χ0n) is 7.76. The molecule has 0 saturated carbocycles. The third-order valence-electron chi connectivity index (χ3n) is 1.75. The molecule has 1 atom stereocenters. The number of hydrogen-bond donors (Lipinski definition) is 2. The molecule has 0 fully saturated rings. The van der Waals surface area contributed by atoms with E-state index in [0.717, 1.165) is 11.3 Å². The van der Waals surface area contributed by atoms with E-state index in [4.69, 9.17) is 5.11 Å². The van der Waals surface area contributed by atoms with E-state index in [2.05, 4.69) is 18.3 Å². The van der Waals surface area contributed by atoms with Gasteiger partial charge in [-0.3, -0.25) is 0 Å². The van der Waals surface area contributed by atoms with Crippen LogP contribution in [-0.2, 0) is 0 Å². The van der Waals surface area contributed by atoms with Crippen LogP contribution in [0.3, 0.4) is 0 Å². The van der Waals surface area contributed by atoms with Crippen LogP contribution in [0.1, 0.15) is 18.1 Å². The quantitative estimate of drug-likeness (QED) is 0.657. The van der Waals surface area contributed by atoms with Crippen molar-refractivity contribution in [3.8, 4) is 0 Å². The number of benzene rings is 1. The number of aliphatic hydroxyl groups is 1. The van der Waals surface area contributed by atoms with E-state index in [-0.39, 0.29) is 0 Å². The number of rotatable bonds is 2. The molecule has 2 heteroatoms. The number of aryl methyl sites for hydroxylation is 2. The summed E-state index contributed by atoms with van der Waals surface area (Å²) in [5.74, 6) is 0. The second-order valence-corrected chi connectivity index (χ2v) is 3.14. The molecule has 1 aromatic carbocycles. The fourth-order valence-electron chi connectivity index (χ4n) is 1.20. The SMILES string of the molecule is Cc1ccc(NC(C)O)c(C)c1. The van der Waals surface area contributed by atoms with Crippen LogP contribution in [0, 0.1) is 13.8 Å². The number of hydrogen-bond acceptors (Lipinski definition) is 2. The maximum atomic E-state index is 9.09. The van der Waals surface area contributed by atoms with Crippen molar-refractivity contribution >= 4 is 5.69 Å². The first-order valence-electron chi connectivity index (χ1n) is 4.11. The van der Waals surface area contributed by atoms with E-state index >= 15 is 0 Å². The van der Waals surface area contributed by atoms with Gasteiger partial charge in [0.25, 0.3) is 0 Å². The lowest BCUT2D eigenvalue weighted by Crippen LogP contribution is -2.14. The highest BCUT2D eigenvalue weighted by molar-refractivity contribution is 5.52. The van der Waals surface area contributed by atoms with Crippen LogP contribution in [0.2, 0.25) is 0 Å². The summed E-state index contributed by atoms with van der Waals surface area (Å²) in [6, 6.07) is 6.10. The van der Waals surface area contributed by atoms with Gasteiger partial charge in [0, 0.05) is 5.69 Å². The first kappa shape index (κ1) is 9.07. The van der Waals surface area contributed by atoms with Gasteiger partial charge in [0.15, 0.2) is 0 Å². The van der Waals surface area contributed by atoms with Crippen LogP contribution < -0.4 is 5.32 Å². The summed E-state index contributed by atoms with van der Waals surface area (Å²) in [5.41, 5.74) is 3.40. The molecule has 0 amide bonds. The Morgan fingerprint density at radius 1 is 1.33 bits per heavy atom. The summed E-state index contributed by atoms with van der Waals surface area (Å²) in [7, 11) is 0. The smallest absolute Gasteiger partial charge is 0.121 e. The predicted octanol–water partition coefficient (Wildman–Crippen LogP) is 2.05. The number of nitrogens with one attached hydrogen (secondary N) is 1. The van der Waals surface area contributed by atoms with Crippen LogP contribution in [0.25, 0.3) is 0 Å². The molecule has 0 saturated heterocycles. The lowest BCUT2D eigenvalue weighted by Gasteiger charge is -2.11. The van der Waals surface area contributed by atoms with Crippen molar-refractivity contribution in [3.63, 3.8) is 0 Å². The number of anilines is 1. The van der Waals surface area contributed by atoms with E-state index < -0.39 is 6.23 Å². The van der Waals surface area contributed by atoms with Crippen molar-refractivity contribution in [2.75, 3.05) is 5.32 Å². The summed E-state index contributed by atoms with van der Waals surface area (Å²) in [4.78, 5) is 0. The van der Waals surface area contributed by atoms with Crippen molar-refractivity contribution in [1.29, 1.82) is 0 Å². The molecule has 0 radical (unpaired) electrons. The Bertz CT molecular complexity index is 269. The second kappa shape index (κ2) is 3.59. The maximum absolute atomic E-state index is 9.09. The zero-order valence-corrected chi connectivity index (χ0v) is 7.76. The monoisotopic (exact) mass is 165 g/mol. The molecule has 12 heavy (non-hydrogen) atoms. The first-order valence-corrected chi connectivity index (χ1v) is 4.11. The highest BCUT2D eigenvalue weighted by Gasteiger charge is 1.99. The van der Waals surface area contributed by atoms with Gasteiger partial charge in [0.05, 0.1) is 0 Å². The summed E-state index contributed by atoms with van der Waals surface area (Å²) >= 11 is 0. The van der Waals surface area contributed by atoms with E-state index in [9.17, 15) is 0 Å². The van der Waals surface area contributed by atoms with Gasteiger partial charge in [-0.25, -0.2) is 0 Å². The van der Waals surface area contributed by atoms with E-state index in [1.165, 1.54) is 5.56 Å². The molecule has 1 aromatic rings. The molecule has 0 aliphatic rings. The third kappa shape index (κ3) is 2.24. The first-order chi connectivity index (χ1) is 5.59. The molecule has 0 spiro atoms. The van der Waals surface area contributed by atoms with Crippen LogP contribution >= 0.6 is 0 Å². The Morgan fingerprint density at radius 3 is 2.50 bits per heavy atom. The number of aliphatic hydroxyl groups excluding tert-OH is 1. The van der Waals surface area contributed by atoms with Gasteiger partial charge in [0.1, 0.15) is 6.23 Å². The Balaban J connectivity index is 2.86. The fourth-order valence-corrected chi connectivity index (χ4v) is 1.20. The molecule has 0 bridgehead atoms. The summed E-state index contributed by atoms with van der Waals surface area (Å²) < 4.78 is 0. The Kier molecular flexibility index (Phi) is 2.71. The van der Waals surface area contributed by atoms with Crippen LogP contribution in [0.15, 0.2) is 18.2 Å². The molecule has 0 aliphatic carbocycles. The van der Waals surface area contributed by atoms with Gasteiger partial charge >= 0.3 is 0 Å². The molecule has 1 rings (SSSR count). The van der Waals surface area contributed by atoms with Crippen molar-refractivity contribution in [2.24, 2.45) is 0 Å². The fraction of sp³-hybridized carbons (Fsp3) is 0.400. The second-order valence-electron chi connectivity index (χ2n) is 3.14. The summed E-state index contributed by atoms with van der Waals surface area (Å²) in [6.07, 6.45) is -0.494. The molecule has 0 aliphatic heterocycles. The van der Waals surface area contributed by atoms with Gasteiger partial charge in [-0.1, -0.05) is 17.7 Å². The summed E-state index contributed by atoms with van der Waals surface area (Å²) in [6.45, 7) is 5.79. The minimum Gasteiger partial charge on any atom is -0.374 e. The van der Waals surface area contributed by atoms with Crippen molar-refractivity contribution < 1.29 is 5.11 Å². The largest absolute Gasteiger partial charge is 0.374 e. The van der Waals surface area contributed by atoms with E-state index in [1.807, 2.05) is 19.1 Å². The Labute approximate surface area is 73.2 Å². The van der Waals surface area contributed by atoms with Gasteiger partial charge in [0.2, 0.25) is 0 Å². The van der Waals surface area contributed by atoms with Crippen molar-refractivity contribution in [3.05, 3.63) is 29.3 Å². The minimum absolute atomic E-state index is 0.494. The molecule has 2 nitrogen and oxygen atoms in total. The Morgan fingerprint density at radius 2 is 2.00 bits per heavy atom. The molecule has 0 aromatic heterocycles. The van der Waals surface area contributed by atoms with E-state index in [0.29, 0.717) is 0 Å². The zero-order chi connectivity index (χ0) is 9.14. The highest BCUT2D eigenvalue weighted by atomic mass is 16.3. The topological polar surface area (TPSA) is 32.3 Å². The molecule has 1 unspecified atom stereocenters. The van der Waals surface area contributed by atoms with Gasteiger partial charge < -0.3 is 10.4 Å². The molecule has 66 valence electrons. The van der Waals surface area contributed by atoms with Gasteiger partial charge in [-0.2, -0.15) is 0 Å². The summed E-state index contributed by atoms with van der Waals surface area (Å²) in [5, 5.41) is 12.0. The minimum atomic E-state index is -0.494. The normalized spacial score (nSPS) is 12.7. The van der Waals surface area contributed by atoms with Gasteiger partial charge in [-0.15, -0.1) is 0 Å². The third-order valence-corrected chi connectivity index (χ3v) is 1.75. The lowest BCUT2D eigenvalue weighted by atomic mass is 10.1. The van der Waals surface area contributed by atoms with Crippen molar-refractivity contribution in [1.82, 2.24) is 0 Å². The molecule has 2 N–H and O–H groups in total. The maximum Gasteiger partial charge on any atom is 0.121 e. The molecular weight excluding hydrogens is 150 g/mol. The van der Waals surface area contributed by atoms with E-state index in [1.54, 1.807) is 6.92 Å². The van der Waals surface area contributed by atoms with Crippen LogP contribution in [-0.4, -0.2) is 11.3 Å². The molecule has 0 heterocycles.